The first-order valence-corrected chi connectivity index (χ1v) is 5.15. The summed E-state index contributed by atoms with van der Waals surface area (Å²) in [6, 6.07) is 0.553. The van der Waals surface area contributed by atoms with Gasteiger partial charge in [-0.1, -0.05) is 19.3 Å². The van der Waals surface area contributed by atoms with Crippen LogP contribution in [0.25, 0.3) is 0 Å². The second-order valence-electron chi connectivity index (χ2n) is 3.45. The van der Waals surface area contributed by atoms with Gasteiger partial charge >= 0.3 is 0 Å². The molecular weight excluding hydrogens is 158 g/mol. The highest BCUT2D eigenvalue weighted by Gasteiger charge is 2.20. The highest BCUT2D eigenvalue weighted by atomic mass is 35.5. The smallest absolute Gasteiger partial charge is 0.0379 e. The highest BCUT2D eigenvalue weighted by Crippen LogP contribution is 2.26. The van der Waals surface area contributed by atoms with Crippen LogP contribution in [0.1, 0.15) is 32.1 Å². The van der Waals surface area contributed by atoms with Gasteiger partial charge < -0.3 is 5.32 Å². The van der Waals surface area contributed by atoms with Crippen molar-refractivity contribution in [3.63, 3.8) is 0 Å². The average Bonchev–Trinajstić information content (AvgIpc) is 2.09. The molecule has 0 spiro atoms. The van der Waals surface area contributed by atoms with E-state index in [9.17, 15) is 0 Å². The third-order valence-electron chi connectivity index (χ3n) is 2.76. The number of alkyl halides is 1. The van der Waals surface area contributed by atoms with Gasteiger partial charge in [-0.2, -0.15) is 0 Å². The van der Waals surface area contributed by atoms with Gasteiger partial charge in [0, 0.05) is 11.9 Å². The lowest BCUT2D eigenvalue weighted by molar-refractivity contribution is 0.294. The van der Waals surface area contributed by atoms with Crippen molar-refractivity contribution >= 4 is 11.6 Å². The van der Waals surface area contributed by atoms with Crippen LogP contribution >= 0.6 is 11.6 Å². The molecule has 1 saturated carbocycles. The van der Waals surface area contributed by atoms with E-state index in [0.717, 1.165) is 11.8 Å². The number of hydrogen-bond donors (Lipinski definition) is 1. The van der Waals surface area contributed by atoms with E-state index < -0.39 is 0 Å². The van der Waals surface area contributed by atoms with Crippen LogP contribution in [0.5, 0.6) is 0 Å². The molecule has 1 aliphatic rings. The maximum absolute atomic E-state index is 5.84. The summed E-state index contributed by atoms with van der Waals surface area (Å²) in [5, 5.41) is 3.29. The second kappa shape index (κ2) is 5.00. The fourth-order valence-electron chi connectivity index (χ4n) is 1.98. The van der Waals surface area contributed by atoms with Crippen molar-refractivity contribution in [2.24, 2.45) is 5.92 Å². The molecule has 1 fully saturated rings. The van der Waals surface area contributed by atoms with Gasteiger partial charge in [0.2, 0.25) is 0 Å². The predicted octanol–water partition coefficient (Wildman–Crippen LogP) is 2.39. The molecule has 1 atom stereocenters. The number of rotatable bonds is 3. The zero-order valence-electron chi connectivity index (χ0n) is 7.28. The SMILES string of the molecule is CNC(CCl)C1CCCCC1. The van der Waals surface area contributed by atoms with Crippen LogP contribution in [0.15, 0.2) is 0 Å². The molecule has 0 amide bonds. The second-order valence-corrected chi connectivity index (χ2v) is 3.76. The minimum absolute atomic E-state index is 0.553. The predicted molar refractivity (Wildman–Crippen MR) is 50.1 cm³/mol. The fraction of sp³-hybridized carbons (Fsp3) is 1.00. The number of nitrogens with one attached hydrogen (secondary N) is 1. The Kier molecular flexibility index (Phi) is 4.24. The highest BCUT2D eigenvalue weighted by molar-refractivity contribution is 6.18. The third-order valence-corrected chi connectivity index (χ3v) is 3.09. The van der Waals surface area contributed by atoms with Crippen LogP contribution in [-0.2, 0) is 0 Å². The van der Waals surface area contributed by atoms with Crippen LogP contribution < -0.4 is 5.32 Å². The van der Waals surface area contributed by atoms with Crippen molar-refractivity contribution in [1.29, 1.82) is 0 Å². The van der Waals surface area contributed by atoms with Gasteiger partial charge in [0.05, 0.1) is 0 Å². The van der Waals surface area contributed by atoms with E-state index >= 15 is 0 Å². The zero-order chi connectivity index (χ0) is 8.10. The Morgan fingerprint density at radius 1 is 1.36 bits per heavy atom. The molecule has 0 radical (unpaired) electrons. The van der Waals surface area contributed by atoms with Crippen molar-refractivity contribution in [3.8, 4) is 0 Å². The summed E-state index contributed by atoms with van der Waals surface area (Å²) in [6.45, 7) is 0. The Balaban J connectivity index is 2.30. The molecule has 1 nitrogen and oxygen atoms in total. The standard InChI is InChI=1S/C9H18ClN/c1-11-9(7-10)8-5-3-2-4-6-8/h8-9,11H,2-7H2,1H3. The summed E-state index contributed by atoms with van der Waals surface area (Å²) in [5.41, 5.74) is 0. The van der Waals surface area contributed by atoms with Crippen molar-refractivity contribution < 1.29 is 0 Å². The molecule has 1 N–H and O–H groups in total. The van der Waals surface area contributed by atoms with E-state index in [1.807, 2.05) is 7.05 Å². The molecule has 1 rings (SSSR count). The van der Waals surface area contributed by atoms with Gasteiger partial charge in [-0.3, -0.25) is 0 Å². The molecule has 0 aromatic heterocycles. The minimum Gasteiger partial charge on any atom is -0.316 e. The Hall–Kier alpha value is 0.250. The molecule has 0 heterocycles. The first kappa shape index (κ1) is 9.34. The first-order chi connectivity index (χ1) is 5.38. The maximum Gasteiger partial charge on any atom is 0.0379 e. The van der Waals surface area contributed by atoms with Gasteiger partial charge in [-0.05, 0) is 25.8 Å². The van der Waals surface area contributed by atoms with Gasteiger partial charge in [-0.25, -0.2) is 0 Å². The van der Waals surface area contributed by atoms with Crippen LogP contribution in [0, 0.1) is 5.92 Å². The lowest BCUT2D eigenvalue weighted by Gasteiger charge is -2.28. The minimum atomic E-state index is 0.553. The van der Waals surface area contributed by atoms with Crippen molar-refractivity contribution in [2.45, 2.75) is 38.1 Å². The molecule has 0 aromatic carbocycles. The molecule has 66 valence electrons. The topological polar surface area (TPSA) is 12.0 Å². The molecule has 1 aliphatic carbocycles. The summed E-state index contributed by atoms with van der Waals surface area (Å²) < 4.78 is 0. The lowest BCUT2D eigenvalue weighted by Crippen LogP contribution is -2.36. The quantitative estimate of drug-likeness (QED) is 0.650. The van der Waals surface area contributed by atoms with Crippen molar-refractivity contribution in [1.82, 2.24) is 5.32 Å². The van der Waals surface area contributed by atoms with Crippen LogP contribution in [0.3, 0.4) is 0 Å². The third kappa shape index (κ3) is 2.64. The lowest BCUT2D eigenvalue weighted by atomic mass is 9.84. The van der Waals surface area contributed by atoms with Crippen molar-refractivity contribution in [2.75, 3.05) is 12.9 Å². The van der Waals surface area contributed by atoms with Crippen LogP contribution in [0.4, 0.5) is 0 Å². The molecule has 2 heteroatoms. The van der Waals surface area contributed by atoms with E-state index in [1.54, 1.807) is 0 Å². The summed E-state index contributed by atoms with van der Waals surface area (Å²) in [7, 11) is 2.02. The summed E-state index contributed by atoms with van der Waals surface area (Å²) in [6.07, 6.45) is 6.98. The maximum atomic E-state index is 5.84. The van der Waals surface area contributed by atoms with Gasteiger partial charge in [0.25, 0.3) is 0 Å². The van der Waals surface area contributed by atoms with Crippen LogP contribution in [-0.4, -0.2) is 19.0 Å². The van der Waals surface area contributed by atoms with E-state index in [1.165, 1.54) is 32.1 Å². The van der Waals surface area contributed by atoms with E-state index in [4.69, 9.17) is 11.6 Å². The Labute approximate surface area is 74.5 Å². The number of halogens is 1. The molecule has 0 saturated heterocycles. The number of hydrogen-bond acceptors (Lipinski definition) is 1. The zero-order valence-corrected chi connectivity index (χ0v) is 8.03. The monoisotopic (exact) mass is 175 g/mol. The summed E-state index contributed by atoms with van der Waals surface area (Å²) >= 11 is 5.84. The molecule has 11 heavy (non-hydrogen) atoms. The molecule has 1 unspecified atom stereocenters. The molecule has 0 aliphatic heterocycles. The largest absolute Gasteiger partial charge is 0.316 e. The molecular formula is C9H18ClN. The normalized spacial score (nSPS) is 23.5. The first-order valence-electron chi connectivity index (χ1n) is 4.61. The van der Waals surface area contributed by atoms with E-state index in [2.05, 4.69) is 5.32 Å². The average molecular weight is 176 g/mol. The van der Waals surface area contributed by atoms with Crippen LogP contribution in [0.2, 0.25) is 0 Å². The van der Waals surface area contributed by atoms with E-state index in [-0.39, 0.29) is 0 Å². The van der Waals surface area contributed by atoms with Gasteiger partial charge in [-0.15, -0.1) is 11.6 Å². The van der Waals surface area contributed by atoms with E-state index in [0.29, 0.717) is 6.04 Å². The Bertz CT molecular complexity index is 95.7. The molecule has 0 aromatic rings. The van der Waals surface area contributed by atoms with Gasteiger partial charge in [0.1, 0.15) is 0 Å². The van der Waals surface area contributed by atoms with Gasteiger partial charge in [0.15, 0.2) is 0 Å². The van der Waals surface area contributed by atoms with Crippen molar-refractivity contribution in [3.05, 3.63) is 0 Å². The summed E-state index contributed by atoms with van der Waals surface area (Å²) in [4.78, 5) is 0. The summed E-state index contributed by atoms with van der Waals surface area (Å²) in [5.74, 6) is 1.60. The molecule has 0 bridgehead atoms. The Morgan fingerprint density at radius 3 is 2.45 bits per heavy atom. The fourth-order valence-corrected chi connectivity index (χ4v) is 2.38. The Morgan fingerprint density at radius 2 is 2.00 bits per heavy atom.